The molecule has 0 saturated carbocycles. The lowest BCUT2D eigenvalue weighted by atomic mass is 10.2. The van der Waals surface area contributed by atoms with E-state index in [1.807, 2.05) is 0 Å². The molecule has 1 aromatic carbocycles. The van der Waals surface area contributed by atoms with E-state index in [1.54, 1.807) is 30.3 Å². The Balaban J connectivity index is 1.73. The zero-order valence-electron chi connectivity index (χ0n) is 13.2. The number of H-pyrrole nitrogens is 1. The Morgan fingerprint density at radius 2 is 2.12 bits per heavy atom. The SMILES string of the molecule is COC(=O)NCc1cc(C(=O)Nc2ccc3oc(=O)[nH]c3c2)ccn1. The summed E-state index contributed by atoms with van der Waals surface area (Å²) in [6.07, 6.45) is 0.888. The number of alkyl carbamates (subject to hydrolysis) is 1. The van der Waals surface area contributed by atoms with E-state index in [2.05, 4.69) is 25.3 Å². The standard InChI is InChI=1S/C16H14N4O5/c1-24-15(22)18-8-11-6-9(4-5-17-11)14(21)19-10-2-3-13-12(7-10)20-16(23)25-13/h2-7H,8H2,1H3,(H,18,22)(H,19,21)(H,20,23). The van der Waals surface area contributed by atoms with Crippen LogP contribution in [0, 0.1) is 0 Å². The van der Waals surface area contributed by atoms with Crippen molar-refractivity contribution in [1.82, 2.24) is 15.3 Å². The van der Waals surface area contributed by atoms with Gasteiger partial charge in [0, 0.05) is 17.4 Å². The van der Waals surface area contributed by atoms with Crippen LogP contribution < -0.4 is 16.4 Å². The first-order valence-corrected chi connectivity index (χ1v) is 7.26. The first kappa shape index (κ1) is 16.2. The van der Waals surface area contributed by atoms with Crippen molar-refractivity contribution < 1.29 is 18.7 Å². The minimum atomic E-state index is -0.584. The number of hydrogen-bond acceptors (Lipinski definition) is 6. The molecule has 0 radical (unpaired) electrons. The molecule has 128 valence electrons. The van der Waals surface area contributed by atoms with E-state index in [-0.39, 0.29) is 12.5 Å². The van der Waals surface area contributed by atoms with Crippen LogP contribution in [-0.2, 0) is 11.3 Å². The Labute approximate surface area is 141 Å². The average molecular weight is 342 g/mol. The molecule has 2 heterocycles. The van der Waals surface area contributed by atoms with Gasteiger partial charge < -0.3 is 19.8 Å². The van der Waals surface area contributed by atoms with Gasteiger partial charge in [-0.25, -0.2) is 9.59 Å². The van der Waals surface area contributed by atoms with Crippen LogP contribution in [0.3, 0.4) is 0 Å². The summed E-state index contributed by atoms with van der Waals surface area (Å²) in [6, 6.07) is 7.91. The topological polar surface area (TPSA) is 126 Å². The van der Waals surface area contributed by atoms with Crippen LogP contribution in [-0.4, -0.2) is 29.1 Å². The second kappa shape index (κ2) is 6.87. The second-order valence-electron chi connectivity index (χ2n) is 5.06. The van der Waals surface area contributed by atoms with E-state index in [9.17, 15) is 14.4 Å². The Morgan fingerprint density at radius 3 is 2.92 bits per heavy atom. The van der Waals surface area contributed by atoms with Crippen molar-refractivity contribution in [3.8, 4) is 0 Å². The molecule has 0 aliphatic carbocycles. The number of methoxy groups -OCH3 is 1. The third kappa shape index (κ3) is 3.83. The Kier molecular flexibility index (Phi) is 4.46. The van der Waals surface area contributed by atoms with Crippen molar-refractivity contribution in [3.05, 3.63) is 58.3 Å². The first-order valence-electron chi connectivity index (χ1n) is 7.26. The van der Waals surface area contributed by atoms with Crippen LogP contribution in [0.5, 0.6) is 0 Å². The summed E-state index contributed by atoms with van der Waals surface area (Å²) in [6.45, 7) is 0.135. The maximum absolute atomic E-state index is 12.4. The van der Waals surface area contributed by atoms with Gasteiger partial charge in [0.15, 0.2) is 5.58 Å². The van der Waals surface area contributed by atoms with Gasteiger partial charge in [-0.05, 0) is 30.3 Å². The molecule has 2 amide bonds. The summed E-state index contributed by atoms with van der Waals surface area (Å²) in [5.41, 5.74) is 2.27. The lowest BCUT2D eigenvalue weighted by molar-refractivity contribution is 0.102. The lowest BCUT2D eigenvalue weighted by Gasteiger charge is -2.07. The van der Waals surface area contributed by atoms with Crippen molar-refractivity contribution in [2.45, 2.75) is 6.54 Å². The molecule has 0 atom stereocenters. The number of oxazole rings is 1. The van der Waals surface area contributed by atoms with E-state index in [0.29, 0.717) is 28.0 Å². The summed E-state index contributed by atoms with van der Waals surface area (Å²) in [5, 5.41) is 5.21. The fraction of sp³-hybridized carbons (Fsp3) is 0.125. The highest BCUT2D eigenvalue weighted by Gasteiger charge is 2.10. The number of benzene rings is 1. The summed E-state index contributed by atoms with van der Waals surface area (Å²) < 4.78 is 9.38. The molecule has 0 unspecified atom stereocenters. The van der Waals surface area contributed by atoms with Crippen molar-refractivity contribution in [2.75, 3.05) is 12.4 Å². The molecular weight excluding hydrogens is 328 g/mol. The van der Waals surface area contributed by atoms with E-state index < -0.39 is 11.8 Å². The van der Waals surface area contributed by atoms with Crippen LogP contribution in [0.15, 0.2) is 45.7 Å². The smallest absolute Gasteiger partial charge is 0.417 e. The number of hydrogen-bond donors (Lipinski definition) is 3. The van der Waals surface area contributed by atoms with E-state index in [4.69, 9.17) is 4.42 Å². The van der Waals surface area contributed by atoms with Crippen LogP contribution in [0.1, 0.15) is 16.1 Å². The van der Waals surface area contributed by atoms with Crippen molar-refractivity contribution in [3.63, 3.8) is 0 Å². The van der Waals surface area contributed by atoms with Crippen LogP contribution in [0.2, 0.25) is 0 Å². The summed E-state index contributed by atoms with van der Waals surface area (Å²) in [4.78, 5) is 41.2. The number of carbonyl (C=O) groups is 2. The van der Waals surface area contributed by atoms with Gasteiger partial charge in [0.2, 0.25) is 0 Å². The van der Waals surface area contributed by atoms with Crippen molar-refractivity contribution in [2.24, 2.45) is 0 Å². The predicted molar refractivity (Wildman–Crippen MR) is 88.3 cm³/mol. The van der Waals surface area contributed by atoms with Gasteiger partial charge in [0.1, 0.15) is 0 Å². The minimum absolute atomic E-state index is 0.135. The number of carbonyl (C=O) groups excluding carboxylic acids is 2. The van der Waals surface area contributed by atoms with Crippen LogP contribution >= 0.6 is 0 Å². The fourth-order valence-corrected chi connectivity index (χ4v) is 2.18. The number of nitrogens with one attached hydrogen (secondary N) is 3. The van der Waals surface area contributed by atoms with E-state index in [1.165, 1.54) is 13.3 Å². The molecule has 0 bridgehead atoms. The van der Waals surface area contributed by atoms with Crippen LogP contribution in [0.4, 0.5) is 10.5 Å². The zero-order valence-corrected chi connectivity index (χ0v) is 13.2. The molecule has 0 spiro atoms. The van der Waals surface area contributed by atoms with Gasteiger partial charge in [-0.15, -0.1) is 0 Å². The van der Waals surface area contributed by atoms with Crippen molar-refractivity contribution >= 4 is 28.8 Å². The number of nitrogens with zero attached hydrogens (tertiary/aromatic N) is 1. The van der Waals surface area contributed by atoms with Crippen LogP contribution in [0.25, 0.3) is 11.1 Å². The molecule has 0 saturated heterocycles. The molecular formula is C16H14N4O5. The van der Waals surface area contributed by atoms with E-state index >= 15 is 0 Å². The second-order valence-corrected chi connectivity index (χ2v) is 5.06. The number of anilines is 1. The number of aromatic amines is 1. The molecule has 9 nitrogen and oxygen atoms in total. The monoisotopic (exact) mass is 342 g/mol. The number of pyridine rings is 1. The number of aromatic nitrogens is 2. The molecule has 9 heteroatoms. The highest BCUT2D eigenvalue weighted by Crippen LogP contribution is 2.17. The fourth-order valence-electron chi connectivity index (χ4n) is 2.18. The van der Waals surface area contributed by atoms with Gasteiger partial charge in [0.05, 0.1) is 24.9 Å². The van der Waals surface area contributed by atoms with Crippen molar-refractivity contribution in [1.29, 1.82) is 0 Å². The molecule has 3 N–H and O–H groups in total. The number of fused-ring (bicyclic) bond motifs is 1. The highest BCUT2D eigenvalue weighted by atomic mass is 16.5. The average Bonchev–Trinajstić information content (AvgIpc) is 2.99. The van der Waals surface area contributed by atoms with Gasteiger partial charge in [-0.2, -0.15) is 0 Å². The zero-order chi connectivity index (χ0) is 17.8. The number of amides is 2. The normalized spacial score (nSPS) is 10.4. The summed E-state index contributed by atoms with van der Waals surface area (Å²) in [5.74, 6) is -0.915. The first-order chi connectivity index (χ1) is 12.0. The van der Waals surface area contributed by atoms with Gasteiger partial charge in [-0.3, -0.25) is 14.8 Å². The maximum atomic E-state index is 12.4. The minimum Gasteiger partial charge on any atom is -0.453 e. The largest absolute Gasteiger partial charge is 0.453 e. The molecule has 3 rings (SSSR count). The lowest BCUT2D eigenvalue weighted by Crippen LogP contribution is -2.23. The molecule has 25 heavy (non-hydrogen) atoms. The Hall–Kier alpha value is -3.62. The predicted octanol–water partition coefficient (Wildman–Crippen LogP) is 1.62. The summed E-state index contributed by atoms with van der Waals surface area (Å²) >= 11 is 0. The van der Waals surface area contributed by atoms with Gasteiger partial charge in [-0.1, -0.05) is 0 Å². The third-order valence-electron chi connectivity index (χ3n) is 3.35. The highest BCUT2D eigenvalue weighted by molar-refractivity contribution is 6.04. The number of ether oxygens (including phenoxy) is 1. The third-order valence-corrected chi connectivity index (χ3v) is 3.35. The molecule has 2 aromatic heterocycles. The summed E-state index contributed by atoms with van der Waals surface area (Å²) in [7, 11) is 1.26. The number of rotatable bonds is 4. The molecule has 0 aliphatic rings. The molecule has 0 aliphatic heterocycles. The quantitative estimate of drug-likeness (QED) is 0.661. The van der Waals surface area contributed by atoms with Gasteiger partial charge in [0.25, 0.3) is 5.91 Å². The molecule has 0 fully saturated rings. The van der Waals surface area contributed by atoms with E-state index in [0.717, 1.165) is 0 Å². The Bertz CT molecular complexity index is 991. The Morgan fingerprint density at radius 1 is 1.28 bits per heavy atom. The van der Waals surface area contributed by atoms with Gasteiger partial charge >= 0.3 is 11.8 Å². The molecule has 3 aromatic rings. The maximum Gasteiger partial charge on any atom is 0.417 e.